The van der Waals surface area contributed by atoms with Crippen molar-refractivity contribution in [3.8, 4) is 0 Å². The van der Waals surface area contributed by atoms with Crippen LogP contribution in [-0.2, 0) is 0 Å². The summed E-state index contributed by atoms with van der Waals surface area (Å²) in [5.74, 6) is 0. The molecule has 0 bridgehead atoms. The van der Waals surface area contributed by atoms with Crippen molar-refractivity contribution in [1.29, 1.82) is 0 Å². The minimum absolute atomic E-state index is 0.561. The summed E-state index contributed by atoms with van der Waals surface area (Å²) >= 11 is 0. The summed E-state index contributed by atoms with van der Waals surface area (Å²) in [7, 11) is 0. The molecule has 1 aliphatic carbocycles. The molecule has 1 spiro atoms. The molecular weight excluding hydrogens is 232 g/mol. The smallest absolute Gasteiger partial charge is 0.0689 e. The molecule has 2 aliphatic rings. The summed E-state index contributed by atoms with van der Waals surface area (Å²) < 4.78 is 0. The van der Waals surface area contributed by atoms with Crippen LogP contribution < -0.4 is 5.32 Å². The molecule has 1 aromatic rings. The number of allylic oxidation sites excluding steroid dienone is 3. The van der Waals surface area contributed by atoms with Crippen LogP contribution in [0.25, 0.3) is 11.1 Å². The van der Waals surface area contributed by atoms with Crippen molar-refractivity contribution in [1.82, 2.24) is 10.3 Å². The summed E-state index contributed by atoms with van der Waals surface area (Å²) in [5, 5.41) is 3.40. The highest BCUT2D eigenvalue weighted by Gasteiger charge is 2.37. The van der Waals surface area contributed by atoms with Crippen molar-refractivity contribution in [2.24, 2.45) is 5.41 Å². The van der Waals surface area contributed by atoms with Gasteiger partial charge in [-0.05, 0) is 61.3 Å². The molecule has 0 amide bonds. The largest absolute Gasteiger partial charge is 0.316 e. The molecule has 1 saturated heterocycles. The van der Waals surface area contributed by atoms with E-state index in [4.69, 9.17) is 4.98 Å². The van der Waals surface area contributed by atoms with Gasteiger partial charge in [-0.2, -0.15) is 0 Å². The Balaban J connectivity index is 1.87. The number of aromatic nitrogens is 1. The molecule has 0 atom stereocenters. The van der Waals surface area contributed by atoms with Crippen molar-refractivity contribution in [2.75, 3.05) is 13.1 Å². The molecule has 1 N–H and O–H groups in total. The number of pyridine rings is 1. The Kier molecular flexibility index (Phi) is 3.06. The molecule has 0 aromatic carbocycles. The molecule has 0 radical (unpaired) electrons. The third-order valence-corrected chi connectivity index (χ3v) is 4.54. The zero-order valence-corrected chi connectivity index (χ0v) is 11.9. The van der Waals surface area contributed by atoms with E-state index >= 15 is 0 Å². The van der Waals surface area contributed by atoms with E-state index in [1.807, 2.05) is 6.92 Å². The van der Waals surface area contributed by atoms with Crippen LogP contribution in [0.4, 0.5) is 0 Å². The average molecular weight is 254 g/mol. The molecule has 100 valence electrons. The molecule has 0 unspecified atom stereocenters. The second-order valence-electron chi connectivity index (χ2n) is 6.18. The van der Waals surface area contributed by atoms with Gasteiger partial charge in [-0.1, -0.05) is 18.7 Å². The van der Waals surface area contributed by atoms with E-state index in [1.54, 1.807) is 0 Å². The van der Waals surface area contributed by atoms with Crippen LogP contribution in [-0.4, -0.2) is 18.1 Å². The highest BCUT2D eigenvalue weighted by Crippen LogP contribution is 2.41. The predicted octanol–water partition coefficient (Wildman–Crippen LogP) is 3.58. The highest BCUT2D eigenvalue weighted by molar-refractivity contribution is 5.68. The fourth-order valence-corrected chi connectivity index (χ4v) is 3.12. The second kappa shape index (κ2) is 4.61. The van der Waals surface area contributed by atoms with Gasteiger partial charge in [0.15, 0.2) is 0 Å². The standard InChI is InChI=1S/C17H22N2/c1-12(2)16-13(3)4-5-15(19-16)14-6-8-17(9-7-14)10-18-11-17/h4-6,18H,1,7-11H2,2-3H3. The van der Waals surface area contributed by atoms with Crippen LogP contribution in [0.1, 0.15) is 43.1 Å². The Morgan fingerprint density at radius 2 is 2.16 bits per heavy atom. The Morgan fingerprint density at radius 3 is 2.68 bits per heavy atom. The minimum Gasteiger partial charge on any atom is -0.316 e. The van der Waals surface area contributed by atoms with Gasteiger partial charge in [0.25, 0.3) is 0 Å². The second-order valence-corrected chi connectivity index (χ2v) is 6.18. The van der Waals surface area contributed by atoms with Gasteiger partial charge in [-0.25, -0.2) is 4.98 Å². The van der Waals surface area contributed by atoms with Crippen LogP contribution >= 0.6 is 0 Å². The number of aryl methyl sites for hydroxylation is 1. The number of nitrogens with one attached hydrogen (secondary N) is 1. The van der Waals surface area contributed by atoms with Crippen LogP contribution in [0.15, 0.2) is 24.8 Å². The normalized spacial score (nSPS) is 20.8. The van der Waals surface area contributed by atoms with E-state index in [-0.39, 0.29) is 0 Å². The van der Waals surface area contributed by atoms with Gasteiger partial charge in [0, 0.05) is 13.1 Å². The maximum atomic E-state index is 4.80. The van der Waals surface area contributed by atoms with Crippen molar-refractivity contribution in [3.05, 3.63) is 41.7 Å². The third kappa shape index (κ3) is 2.25. The van der Waals surface area contributed by atoms with Crippen molar-refractivity contribution in [3.63, 3.8) is 0 Å². The van der Waals surface area contributed by atoms with Gasteiger partial charge in [0.1, 0.15) is 0 Å². The summed E-state index contributed by atoms with van der Waals surface area (Å²) in [6.07, 6.45) is 6.06. The maximum Gasteiger partial charge on any atom is 0.0689 e. The van der Waals surface area contributed by atoms with E-state index in [9.17, 15) is 0 Å². The molecule has 2 heterocycles. The molecule has 3 rings (SSSR count). The van der Waals surface area contributed by atoms with E-state index < -0.39 is 0 Å². The Hall–Kier alpha value is -1.41. The van der Waals surface area contributed by atoms with Gasteiger partial charge < -0.3 is 5.32 Å². The predicted molar refractivity (Wildman–Crippen MR) is 80.8 cm³/mol. The van der Waals surface area contributed by atoms with Crippen LogP contribution in [0.5, 0.6) is 0 Å². The first kappa shape index (κ1) is 12.6. The minimum atomic E-state index is 0.561. The first-order valence-corrected chi connectivity index (χ1v) is 7.13. The Bertz CT molecular complexity index is 550. The SMILES string of the molecule is C=C(C)c1nc(C2=CCC3(CC2)CNC3)ccc1C. The van der Waals surface area contributed by atoms with Crippen molar-refractivity contribution >= 4 is 11.1 Å². The molecule has 19 heavy (non-hydrogen) atoms. The van der Waals surface area contributed by atoms with Gasteiger partial charge in [0.05, 0.1) is 11.4 Å². The van der Waals surface area contributed by atoms with Crippen molar-refractivity contribution in [2.45, 2.75) is 33.1 Å². The lowest BCUT2D eigenvalue weighted by molar-refractivity contribution is 0.153. The number of hydrogen-bond acceptors (Lipinski definition) is 2. The fourth-order valence-electron chi connectivity index (χ4n) is 3.12. The summed E-state index contributed by atoms with van der Waals surface area (Å²) in [5.41, 5.74) is 6.45. The zero-order chi connectivity index (χ0) is 13.5. The summed E-state index contributed by atoms with van der Waals surface area (Å²) in [6, 6.07) is 4.33. The lowest BCUT2D eigenvalue weighted by Gasteiger charge is -2.44. The lowest BCUT2D eigenvalue weighted by atomic mass is 9.70. The maximum absolute atomic E-state index is 4.80. The van der Waals surface area contributed by atoms with Gasteiger partial charge >= 0.3 is 0 Å². The van der Waals surface area contributed by atoms with E-state index in [0.717, 1.165) is 23.4 Å². The first-order valence-electron chi connectivity index (χ1n) is 7.13. The molecule has 0 saturated carbocycles. The number of hydrogen-bond donors (Lipinski definition) is 1. The van der Waals surface area contributed by atoms with Gasteiger partial charge in [-0.3, -0.25) is 0 Å². The first-order chi connectivity index (χ1) is 9.10. The van der Waals surface area contributed by atoms with E-state index in [2.05, 4.69) is 37.0 Å². The molecule has 1 fully saturated rings. The molecule has 1 aliphatic heterocycles. The third-order valence-electron chi connectivity index (χ3n) is 4.54. The summed E-state index contributed by atoms with van der Waals surface area (Å²) in [6.45, 7) is 10.5. The highest BCUT2D eigenvalue weighted by atomic mass is 15.0. The molecule has 1 aromatic heterocycles. The zero-order valence-electron chi connectivity index (χ0n) is 11.9. The quantitative estimate of drug-likeness (QED) is 0.872. The monoisotopic (exact) mass is 254 g/mol. The molecule has 2 nitrogen and oxygen atoms in total. The van der Waals surface area contributed by atoms with E-state index in [0.29, 0.717) is 5.41 Å². The van der Waals surface area contributed by atoms with Crippen LogP contribution in [0.3, 0.4) is 0 Å². The van der Waals surface area contributed by atoms with E-state index in [1.165, 1.54) is 37.1 Å². The van der Waals surface area contributed by atoms with Gasteiger partial charge in [0.2, 0.25) is 0 Å². The Labute approximate surface area is 115 Å². The van der Waals surface area contributed by atoms with Crippen molar-refractivity contribution < 1.29 is 0 Å². The number of nitrogens with zero attached hydrogens (tertiary/aromatic N) is 1. The Morgan fingerprint density at radius 1 is 1.37 bits per heavy atom. The number of rotatable bonds is 2. The lowest BCUT2D eigenvalue weighted by Crippen LogP contribution is -2.53. The topological polar surface area (TPSA) is 24.9 Å². The average Bonchev–Trinajstić information content (AvgIpc) is 2.37. The summed E-state index contributed by atoms with van der Waals surface area (Å²) in [4.78, 5) is 4.80. The van der Waals surface area contributed by atoms with Gasteiger partial charge in [-0.15, -0.1) is 0 Å². The van der Waals surface area contributed by atoms with Crippen LogP contribution in [0.2, 0.25) is 0 Å². The fraction of sp³-hybridized carbons (Fsp3) is 0.471. The molecule has 2 heteroatoms. The van der Waals surface area contributed by atoms with Crippen LogP contribution in [0, 0.1) is 12.3 Å². The molecular formula is C17H22N2.